The summed E-state index contributed by atoms with van der Waals surface area (Å²) < 4.78 is 28.0. The number of halogens is 2. The highest BCUT2D eigenvalue weighted by molar-refractivity contribution is 5.93. The van der Waals surface area contributed by atoms with E-state index in [-0.39, 0.29) is 29.5 Å². The van der Waals surface area contributed by atoms with Crippen molar-refractivity contribution in [3.63, 3.8) is 0 Å². The number of hydrogen-bond acceptors (Lipinski definition) is 3. The van der Waals surface area contributed by atoms with Crippen LogP contribution in [0.25, 0.3) is 5.69 Å². The third-order valence-electron chi connectivity index (χ3n) is 4.11. The summed E-state index contributed by atoms with van der Waals surface area (Å²) in [5.41, 5.74) is 2.95. The average molecular weight is 357 g/mol. The Labute approximate surface area is 148 Å². The molecule has 0 radical (unpaired) electrons. The van der Waals surface area contributed by atoms with Gasteiger partial charge in [-0.05, 0) is 54.8 Å². The van der Waals surface area contributed by atoms with Crippen LogP contribution in [0.1, 0.15) is 27.0 Å². The monoisotopic (exact) mass is 357 g/mol. The number of carbonyl (C=O) groups excluding carboxylic acids is 1. The van der Waals surface area contributed by atoms with Crippen LogP contribution >= 0.6 is 0 Å². The van der Waals surface area contributed by atoms with Crippen molar-refractivity contribution in [1.29, 1.82) is 0 Å². The summed E-state index contributed by atoms with van der Waals surface area (Å²) in [6.07, 6.45) is 2.69. The van der Waals surface area contributed by atoms with E-state index in [1.807, 2.05) is 13.8 Å². The Morgan fingerprint density at radius 3 is 2.54 bits per heavy atom. The number of benzene rings is 2. The summed E-state index contributed by atoms with van der Waals surface area (Å²) in [7, 11) is 0. The number of phenolic OH excluding ortho intramolecular Hbond substituents is 1. The minimum atomic E-state index is -0.768. The van der Waals surface area contributed by atoms with E-state index < -0.39 is 11.6 Å². The van der Waals surface area contributed by atoms with Crippen molar-refractivity contribution in [3.05, 3.63) is 76.6 Å². The van der Waals surface area contributed by atoms with Gasteiger partial charge in [0, 0.05) is 18.8 Å². The molecule has 3 rings (SSSR count). The first-order valence-corrected chi connectivity index (χ1v) is 7.92. The summed E-state index contributed by atoms with van der Waals surface area (Å²) in [6, 6.07) is 6.39. The summed E-state index contributed by atoms with van der Waals surface area (Å²) >= 11 is 0. The van der Waals surface area contributed by atoms with E-state index in [2.05, 4.69) is 10.4 Å². The fourth-order valence-electron chi connectivity index (χ4n) is 2.76. The second-order valence-electron chi connectivity index (χ2n) is 6.01. The van der Waals surface area contributed by atoms with Crippen LogP contribution in [0.4, 0.5) is 8.78 Å². The van der Waals surface area contributed by atoms with E-state index in [1.165, 1.54) is 23.1 Å². The van der Waals surface area contributed by atoms with E-state index in [9.17, 15) is 18.7 Å². The van der Waals surface area contributed by atoms with Crippen LogP contribution in [0.15, 0.2) is 42.7 Å². The molecule has 1 aromatic heterocycles. The first-order chi connectivity index (χ1) is 12.3. The Kier molecular flexibility index (Phi) is 4.71. The number of phenols is 1. The summed E-state index contributed by atoms with van der Waals surface area (Å²) in [5, 5.41) is 16.3. The van der Waals surface area contributed by atoms with Gasteiger partial charge in [0.25, 0.3) is 5.91 Å². The van der Waals surface area contributed by atoms with Gasteiger partial charge in [0.1, 0.15) is 17.3 Å². The number of nitrogens with one attached hydrogen (secondary N) is 1. The molecule has 0 fully saturated rings. The molecule has 7 heteroatoms. The number of rotatable bonds is 4. The highest BCUT2D eigenvalue weighted by Gasteiger charge is 2.13. The first-order valence-electron chi connectivity index (χ1n) is 7.92. The van der Waals surface area contributed by atoms with Crippen LogP contribution in [0.3, 0.4) is 0 Å². The summed E-state index contributed by atoms with van der Waals surface area (Å²) in [5.74, 6) is -1.64. The van der Waals surface area contributed by atoms with Gasteiger partial charge in [0.05, 0.1) is 11.8 Å². The number of hydrogen-bond donors (Lipinski definition) is 2. The molecule has 0 spiro atoms. The second kappa shape index (κ2) is 6.95. The molecule has 0 bridgehead atoms. The summed E-state index contributed by atoms with van der Waals surface area (Å²) in [6.45, 7) is 3.99. The largest absolute Gasteiger partial charge is 0.508 e. The smallest absolute Gasteiger partial charge is 0.254 e. The van der Waals surface area contributed by atoms with Crippen molar-refractivity contribution in [2.45, 2.75) is 20.4 Å². The van der Waals surface area contributed by atoms with E-state index in [0.717, 1.165) is 28.8 Å². The van der Waals surface area contributed by atoms with Crippen molar-refractivity contribution in [2.24, 2.45) is 0 Å². The van der Waals surface area contributed by atoms with Crippen LogP contribution in [0.5, 0.6) is 5.75 Å². The van der Waals surface area contributed by atoms with Gasteiger partial charge < -0.3 is 10.4 Å². The molecule has 0 aliphatic carbocycles. The Bertz CT molecular complexity index is 960. The zero-order valence-electron chi connectivity index (χ0n) is 14.3. The lowest BCUT2D eigenvalue weighted by Crippen LogP contribution is -2.23. The van der Waals surface area contributed by atoms with Gasteiger partial charge in [-0.25, -0.2) is 13.5 Å². The van der Waals surface area contributed by atoms with Crippen LogP contribution < -0.4 is 5.32 Å². The third kappa shape index (κ3) is 3.56. The quantitative estimate of drug-likeness (QED) is 0.752. The molecule has 0 aliphatic heterocycles. The Morgan fingerprint density at radius 1 is 1.19 bits per heavy atom. The number of aromatic nitrogens is 2. The minimum Gasteiger partial charge on any atom is -0.508 e. The average Bonchev–Trinajstić information content (AvgIpc) is 3.03. The van der Waals surface area contributed by atoms with Crippen LogP contribution in [0.2, 0.25) is 0 Å². The maximum absolute atomic E-state index is 13.8. The van der Waals surface area contributed by atoms with Crippen molar-refractivity contribution < 1.29 is 18.7 Å². The molecule has 2 N–H and O–H groups in total. The lowest BCUT2D eigenvalue weighted by atomic mass is 10.0. The molecule has 2 aromatic carbocycles. The van der Waals surface area contributed by atoms with Crippen LogP contribution in [-0.2, 0) is 6.54 Å². The third-order valence-corrected chi connectivity index (χ3v) is 4.11. The van der Waals surface area contributed by atoms with Gasteiger partial charge in [-0.3, -0.25) is 4.79 Å². The minimum absolute atomic E-state index is 0.0515. The van der Waals surface area contributed by atoms with Gasteiger partial charge in [0.2, 0.25) is 0 Å². The van der Waals surface area contributed by atoms with Crippen LogP contribution in [0, 0.1) is 25.5 Å². The number of carbonyl (C=O) groups is 1. The molecule has 0 atom stereocenters. The fraction of sp³-hybridized carbons (Fsp3) is 0.158. The molecule has 0 saturated heterocycles. The lowest BCUT2D eigenvalue weighted by molar-refractivity contribution is 0.0951. The lowest BCUT2D eigenvalue weighted by Gasteiger charge is -2.11. The maximum atomic E-state index is 13.8. The number of nitrogens with zero attached hydrogens (tertiary/aromatic N) is 2. The van der Waals surface area contributed by atoms with Gasteiger partial charge in [-0.2, -0.15) is 5.10 Å². The molecular formula is C19H17F2N3O2. The number of aromatic hydroxyl groups is 1. The Hall–Kier alpha value is -3.22. The molecule has 0 aliphatic rings. The van der Waals surface area contributed by atoms with Crippen molar-refractivity contribution in [2.75, 3.05) is 0 Å². The molecule has 0 unspecified atom stereocenters. The van der Waals surface area contributed by atoms with Gasteiger partial charge in [0.15, 0.2) is 5.82 Å². The summed E-state index contributed by atoms with van der Waals surface area (Å²) in [4.78, 5) is 12.3. The SMILES string of the molecule is Cc1cc(O)cc(C)c1CNC(=O)c1cnn(-c2ccc(F)cc2F)c1. The van der Waals surface area contributed by atoms with E-state index in [4.69, 9.17) is 0 Å². The Morgan fingerprint density at radius 2 is 1.88 bits per heavy atom. The zero-order valence-corrected chi connectivity index (χ0v) is 14.3. The molecule has 134 valence electrons. The maximum Gasteiger partial charge on any atom is 0.254 e. The van der Waals surface area contributed by atoms with Crippen molar-refractivity contribution >= 4 is 5.91 Å². The molecule has 5 nitrogen and oxygen atoms in total. The fourth-order valence-corrected chi connectivity index (χ4v) is 2.76. The second-order valence-corrected chi connectivity index (χ2v) is 6.01. The normalized spacial score (nSPS) is 10.8. The number of aryl methyl sites for hydroxylation is 2. The van der Waals surface area contributed by atoms with E-state index >= 15 is 0 Å². The van der Waals surface area contributed by atoms with Crippen LogP contribution in [-0.4, -0.2) is 20.8 Å². The van der Waals surface area contributed by atoms with Gasteiger partial charge in [-0.1, -0.05) is 0 Å². The van der Waals surface area contributed by atoms with E-state index in [1.54, 1.807) is 12.1 Å². The highest BCUT2D eigenvalue weighted by atomic mass is 19.1. The Balaban J connectivity index is 1.75. The van der Waals surface area contributed by atoms with Gasteiger partial charge in [-0.15, -0.1) is 0 Å². The van der Waals surface area contributed by atoms with Crippen molar-refractivity contribution in [1.82, 2.24) is 15.1 Å². The molecule has 1 heterocycles. The van der Waals surface area contributed by atoms with Crippen molar-refractivity contribution in [3.8, 4) is 11.4 Å². The topological polar surface area (TPSA) is 67.2 Å². The highest BCUT2D eigenvalue weighted by Crippen LogP contribution is 2.21. The van der Waals surface area contributed by atoms with E-state index in [0.29, 0.717) is 0 Å². The predicted octanol–water partition coefficient (Wildman–Crippen LogP) is 3.40. The zero-order chi connectivity index (χ0) is 18.8. The molecular weight excluding hydrogens is 340 g/mol. The molecule has 3 aromatic rings. The standard InChI is InChI=1S/C19H17F2N3O2/c1-11-5-15(25)6-12(2)16(11)9-22-19(26)13-8-23-24(10-13)18-4-3-14(20)7-17(18)21/h3-8,10,25H,9H2,1-2H3,(H,22,26). The molecule has 0 saturated carbocycles. The van der Waals surface area contributed by atoms with Gasteiger partial charge >= 0.3 is 0 Å². The first kappa shape index (κ1) is 17.6. The number of amides is 1. The molecule has 1 amide bonds. The predicted molar refractivity (Wildman–Crippen MR) is 92.2 cm³/mol. The molecule has 26 heavy (non-hydrogen) atoms.